The van der Waals surface area contributed by atoms with Crippen molar-refractivity contribution in [1.29, 1.82) is 0 Å². The van der Waals surface area contributed by atoms with Gasteiger partial charge in [-0.15, -0.1) is 47.8 Å². The van der Waals surface area contributed by atoms with Gasteiger partial charge in [-0.1, -0.05) is 90.1 Å². The number of piperidine rings is 2. The zero-order chi connectivity index (χ0) is 52.0. The Labute approximate surface area is 487 Å². The fourth-order valence-corrected chi connectivity index (χ4v) is 10.4. The molecule has 6 heterocycles. The molecule has 4 aromatic heterocycles. The Balaban J connectivity index is 0.00000344. The third-order valence-electron chi connectivity index (χ3n) is 14.7. The smallest absolute Gasteiger partial charge is 0.268 e. The van der Waals surface area contributed by atoms with Crippen LogP contribution in [-0.2, 0) is 53.0 Å². The Kier molecular flexibility index (Phi) is 16.0. The van der Waals surface area contributed by atoms with E-state index in [0.29, 0.717) is 34.4 Å². The van der Waals surface area contributed by atoms with E-state index in [1.54, 1.807) is 24.5 Å². The molecule has 12 rings (SSSR count). The first-order valence-corrected chi connectivity index (χ1v) is 26.8. The molecule has 2 fully saturated rings. The van der Waals surface area contributed by atoms with E-state index in [1.807, 2.05) is 12.1 Å². The molecule has 12 heteroatoms. The molecule has 0 bridgehead atoms. The molecule has 402 valence electrons. The predicted octanol–water partition coefficient (Wildman–Crippen LogP) is 13.5. The van der Waals surface area contributed by atoms with Crippen molar-refractivity contribution in [3.63, 3.8) is 0 Å². The maximum absolute atomic E-state index is 6.65. The van der Waals surface area contributed by atoms with Gasteiger partial charge in [-0.05, 0) is 122 Å². The van der Waals surface area contributed by atoms with Crippen molar-refractivity contribution in [2.45, 2.75) is 90.9 Å². The minimum Gasteiger partial charge on any atom is -0.511 e. The topological polar surface area (TPSA) is 68.3 Å². The minimum atomic E-state index is -0.197. The zero-order valence-corrected chi connectivity index (χ0v) is 49.5. The van der Waals surface area contributed by atoms with E-state index in [0.717, 1.165) is 82.1 Å². The molecule has 10 aromatic rings. The number of fused-ring (bicyclic) bond motifs is 2. The molecule has 2 saturated heterocycles. The third-order valence-corrected chi connectivity index (χ3v) is 14.7. The number of anilines is 2. The Morgan fingerprint density at radius 1 is 0.423 bits per heavy atom. The summed E-state index contributed by atoms with van der Waals surface area (Å²) in [6, 6.07) is 60.4. The van der Waals surface area contributed by atoms with Gasteiger partial charge in [0.15, 0.2) is 0 Å². The summed E-state index contributed by atoms with van der Waals surface area (Å²) >= 11 is 0. The van der Waals surface area contributed by atoms with Crippen LogP contribution in [0, 0.1) is 36.9 Å². The van der Waals surface area contributed by atoms with Gasteiger partial charge in [0.05, 0.1) is 33.4 Å². The van der Waals surface area contributed by atoms with E-state index in [-0.39, 0.29) is 53.0 Å². The minimum absolute atomic E-state index is 0. The number of para-hydroxylation sites is 4. The second kappa shape index (κ2) is 22.8. The van der Waals surface area contributed by atoms with Crippen LogP contribution in [0.15, 0.2) is 146 Å². The summed E-state index contributed by atoms with van der Waals surface area (Å²) in [5.74, 6) is 2.02. The molecule has 0 saturated carbocycles. The average Bonchev–Trinajstić information content (AvgIpc) is 4.05. The second-order valence-electron chi connectivity index (χ2n) is 22.2. The molecule has 0 radical (unpaired) electrons. The molecule has 0 unspecified atom stereocenters. The molecule has 2 aliphatic heterocycles. The van der Waals surface area contributed by atoms with Crippen molar-refractivity contribution >= 4 is 33.4 Å². The zero-order valence-electron chi connectivity index (χ0n) is 45.0. The molecule has 0 amide bonds. The molecule has 10 nitrogen and oxygen atoms in total. The Bertz CT molecular complexity index is 3470. The van der Waals surface area contributed by atoms with Gasteiger partial charge >= 0.3 is 0 Å². The van der Waals surface area contributed by atoms with Gasteiger partial charge in [-0.3, -0.25) is 9.13 Å². The number of benzene rings is 6. The number of rotatable bonds is 11. The van der Waals surface area contributed by atoms with E-state index >= 15 is 0 Å². The van der Waals surface area contributed by atoms with Gasteiger partial charge in [0.2, 0.25) is 0 Å². The Morgan fingerprint density at radius 2 is 0.795 bits per heavy atom. The van der Waals surface area contributed by atoms with Crippen LogP contribution in [0.4, 0.5) is 11.4 Å². The van der Waals surface area contributed by atoms with Crippen LogP contribution in [-0.4, -0.2) is 45.3 Å². The second-order valence-corrected chi connectivity index (χ2v) is 22.2. The SMILES string of the molecule is CC(C)(C)c1cc(Oc2[c-]c(-c3[c-]c(Oc4[c-]c(-[n+]5[c-]n(-c6ccc(N7CCCCC7)cc6)c6ccccc65)cc(C(C)(C)C)c4)ccn3)ncc2)[c-]c(-[n+]2[c-]n(-c3ccc(N4CCCCC4)cc3)c3ccccc32)c1.[Pt].[Pt]. The van der Waals surface area contributed by atoms with Crippen LogP contribution in [0.25, 0.3) is 56.2 Å². The number of ether oxygens (including phenoxy) is 2. The van der Waals surface area contributed by atoms with Crippen molar-refractivity contribution in [2.24, 2.45) is 0 Å². The van der Waals surface area contributed by atoms with Crippen molar-refractivity contribution < 1.29 is 60.7 Å². The Hall–Kier alpha value is -6.86. The molecule has 0 spiro atoms. The average molecular weight is 1390 g/mol. The first-order valence-electron chi connectivity index (χ1n) is 26.8. The summed E-state index contributed by atoms with van der Waals surface area (Å²) in [5.41, 5.74) is 13.0. The molecule has 6 aromatic carbocycles. The summed E-state index contributed by atoms with van der Waals surface area (Å²) in [4.78, 5) is 14.3. The molecule has 0 aliphatic carbocycles. The number of hydrogen-bond acceptors (Lipinski definition) is 6. The quantitative estimate of drug-likeness (QED) is 0.0949. The van der Waals surface area contributed by atoms with Gasteiger partial charge in [-0.25, -0.2) is 0 Å². The van der Waals surface area contributed by atoms with Crippen molar-refractivity contribution in [3.8, 4) is 57.1 Å². The van der Waals surface area contributed by atoms with E-state index in [9.17, 15) is 0 Å². The molecule has 2 aliphatic rings. The molecule has 0 atom stereocenters. The van der Waals surface area contributed by atoms with E-state index in [1.165, 1.54) is 49.9 Å². The van der Waals surface area contributed by atoms with Crippen LogP contribution in [0.5, 0.6) is 23.0 Å². The maximum atomic E-state index is 6.65. The van der Waals surface area contributed by atoms with Crippen molar-refractivity contribution in [1.82, 2.24) is 19.1 Å². The normalized spacial score (nSPS) is 14.0. The molecular weight excluding hydrogens is 1330 g/mol. The third kappa shape index (κ3) is 11.5. The van der Waals surface area contributed by atoms with Crippen molar-refractivity contribution in [3.05, 3.63) is 194 Å². The standard InChI is InChI=1S/C66H62N8O2.2Pt/c1-65(2,3)47-37-53(73-45-71(61-17-9-11-19-63(61)73)51-25-21-49(22-26-51)69-33-13-7-14-34-69)41-57(39-47)75-55-29-31-67-59(43-55)60-44-56(30-32-68-60)76-58-40-48(66(4,5)6)38-54(42-58)74-46-72(62-18-10-12-20-64(62)74)52-27-23-50(24-28-52)70-35-15-8-16-36-70;;/h9-12,17-32,37-40H,7-8,13-16,33-36H2,1-6H3;;/q-4;;. The first-order chi connectivity index (χ1) is 36.9. The fraction of sp³-hybridized carbons (Fsp3) is 0.273. The van der Waals surface area contributed by atoms with Crippen LogP contribution >= 0.6 is 0 Å². The van der Waals surface area contributed by atoms with E-state index in [2.05, 4.69) is 226 Å². The van der Waals surface area contributed by atoms with Crippen LogP contribution in [0.3, 0.4) is 0 Å². The summed E-state index contributed by atoms with van der Waals surface area (Å²) in [6.07, 6.45) is 18.3. The van der Waals surface area contributed by atoms with Gasteiger partial charge in [0, 0.05) is 103 Å². The summed E-state index contributed by atoms with van der Waals surface area (Å²) in [6.45, 7) is 17.6. The number of nitrogens with zero attached hydrogens (tertiary/aromatic N) is 8. The largest absolute Gasteiger partial charge is 0.511 e. The number of hydrogen-bond donors (Lipinski definition) is 0. The van der Waals surface area contributed by atoms with Gasteiger partial charge in [-0.2, -0.15) is 35.4 Å². The van der Waals surface area contributed by atoms with Gasteiger partial charge < -0.3 is 38.4 Å². The number of imidazole rings is 2. The van der Waals surface area contributed by atoms with Gasteiger partial charge in [0.1, 0.15) is 0 Å². The number of aromatic nitrogens is 6. The van der Waals surface area contributed by atoms with Crippen LogP contribution in [0.1, 0.15) is 91.2 Å². The predicted molar refractivity (Wildman–Crippen MR) is 300 cm³/mol. The molecule has 78 heavy (non-hydrogen) atoms. The number of pyridine rings is 2. The Morgan fingerprint density at radius 3 is 1.18 bits per heavy atom. The monoisotopic (exact) mass is 1390 g/mol. The van der Waals surface area contributed by atoms with E-state index < -0.39 is 0 Å². The maximum Gasteiger partial charge on any atom is 0.268 e. The molecular formula is C66H62N8O2Pt2-4. The molecule has 0 N–H and O–H groups in total. The van der Waals surface area contributed by atoms with Crippen LogP contribution in [0.2, 0.25) is 0 Å². The summed E-state index contributed by atoms with van der Waals surface area (Å²) in [7, 11) is 0. The van der Waals surface area contributed by atoms with Crippen molar-refractivity contribution in [2.75, 3.05) is 36.0 Å². The van der Waals surface area contributed by atoms with E-state index in [4.69, 9.17) is 9.47 Å². The summed E-state index contributed by atoms with van der Waals surface area (Å²) in [5, 5.41) is 0. The van der Waals surface area contributed by atoms with Gasteiger partial charge in [0.25, 0.3) is 12.7 Å². The fourth-order valence-electron chi connectivity index (χ4n) is 10.4. The first kappa shape index (κ1) is 54.5. The van der Waals surface area contributed by atoms with Crippen LogP contribution < -0.4 is 28.4 Å². The summed E-state index contributed by atoms with van der Waals surface area (Å²) < 4.78 is 21.7.